The van der Waals surface area contributed by atoms with Crippen LogP contribution in [0.2, 0.25) is 0 Å². The molecule has 6 aromatic heterocycles. The van der Waals surface area contributed by atoms with Gasteiger partial charge in [0.1, 0.15) is 22.2 Å². The summed E-state index contributed by atoms with van der Waals surface area (Å²) in [5.41, 5.74) is 17.2. The van der Waals surface area contributed by atoms with E-state index in [1.807, 2.05) is 97.6 Å². The van der Waals surface area contributed by atoms with Gasteiger partial charge in [-0.25, -0.2) is 0 Å². The molecule has 6 heteroatoms. The van der Waals surface area contributed by atoms with Crippen molar-refractivity contribution in [2.24, 2.45) is 0 Å². The van der Waals surface area contributed by atoms with Crippen LogP contribution >= 0.6 is 0 Å². The van der Waals surface area contributed by atoms with Crippen molar-refractivity contribution in [2.45, 2.75) is 0 Å². The Morgan fingerprint density at radius 3 is 1.14 bits per heavy atom. The summed E-state index contributed by atoms with van der Waals surface area (Å²) in [5, 5.41) is 1.94. The number of hydrogen-bond donors (Lipinski definition) is 0. The minimum absolute atomic E-state index is 0.759. The van der Waals surface area contributed by atoms with Crippen LogP contribution in [0.25, 0.3) is 111 Å². The smallest absolute Gasteiger partial charge is 0.161 e. The van der Waals surface area contributed by atoms with Gasteiger partial charge in [-0.15, -0.1) is 0 Å². The highest BCUT2D eigenvalue weighted by molar-refractivity contribution is 6.10. The van der Waals surface area contributed by atoms with Crippen molar-refractivity contribution in [1.29, 1.82) is 0 Å². The van der Waals surface area contributed by atoms with Gasteiger partial charge in [-0.05, 0) is 94.0 Å². The van der Waals surface area contributed by atoms with E-state index in [1.165, 1.54) is 0 Å². The molecular formula is C50H30N4O2. The Hall–Kier alpha value is -7.70. The summed E-state index contributed by atoms with van der Waals surface area (Å²) < 4.78 is 13.0. The minimum atomic E-state index is 0.759. The molecule has 262 valence electrons. The lowest BCUT2D eigenvalue weighted by atomic mass is 9.96. The maximum Gasteiger partial charge on any atom is 0.161 e. The van der Waals surface area contributed by atoms with Crippen LogP contribution in [0.4, 0.5) is 0 Å². The summed E-state index contributed by atoms with van der Waals surface area (Å²) in [4.78, 5) is 18.8. The van der Waals surface area contributed by atoms with E-state index >= 15 is 0 Å². The van der Waals surface area contributed by atoms with Gasteiger partial charge in [0.15, 0.2) is 11.2 Å². The van der Waals surface area contributed by atoms with Crippen molar-refractivity contribution in [1.82, 2.24) is 19.9 Å². The quantitative estimate of drug-likeness (QED) is 0.170. The van der Waals surface area contributed by atoms with Crippen LogP contribution in [0.5, 0.6) is 0 Å². The Morgan fingerprint density at radius 1 is 0.304 bits per heavy atom. The molecule has 11 aromatic rings. The van der Waals surface area contributed by atoms with Gasteiger partial charge in [-0.3, -0.25) is 19.9 Å². The molecule has 0 bridgehead atoms. The van der Waals surface area contributed by atoms with Gasteiger partial charge in [-0.2, -0.15) is 0 Å². The predicted octanol–water partition coefficient (Wildman–Crippen LogP) is 13.1. The Kier molecular flexibility index (Phi) is 7.38. The maximum absolute atomic E-state index is 6.52. The first kappa shape index (κ1) is 31.8. The molecule has 0 N–H and O–H groups in total. The van der Waals surface area contributed by atoms with Crippen molar-refractivity contribution in [3.63, 3.8) is 0 Å². The van der Waals surface area contributed by atoms with Gasteiger partial charge >= 0.3 is 0 Å². The summed E-state index contributed by atoms with van der Waals surface area (Å²) in [7, 11) is 0. The highest BCUT2D eigenvalue weighted by Crippen LogP contribution is 2.41. The van der Waals surface area contributed by atoms with E-state index < -0.39 is 0 Å². The summed E-state index contributed by atoms with van der Waals surface area (Å²) in [6, 6.07) is 53.9. The van der Waals surface area contributed by atoms with E-state index in [0.29, 0.717) is 0 Å². The van der Waals surface area contributed by atoms with E-state index in [-0.39, 0.29) is 0 Å². The van der Waals surface area contributed by atoms with Crippen LogP contribution in [-0.2, 0) is 0 Å². The zero-order valence-electron chi connectivity index (χ0n) is 29.9. The highest BCUT2D eigenvalue weighted by Gasteiger charge is 2.18. The molecule has 0 spiro atoms. The average molecular weight is 719 g/mol. The molecule has 0 atom stereocenters. The third-order valence-corrected chi connectivity index (χ3v) is 10.6. The van der Waals surface area contributed by atoms with E-state index in [1.54, 1.807) is 0 Å². The first-order valence-electron chi connectivity index (χ1n) is 18.5. The number of furan rings is 2. The molecule has 0 saturated carbocycles. The normalized spacial score (nSPS) is 11.6. The van der Waals surface area contributed by atoms with E-state index in [4.69, 9.17) is 18.8 Å². The third kappa shape index (κ3) is 5.27. The van der Waals surface area contributed by atoms with Crippen LogP contribution in [0.3, 0.4) is 0 Å². The third-order valence-electron chi connectivity index (χ3n) is 10.6. The zero-order valence-corrected chi connectivity index (χ0v) is 29.9. The molecule has 0 unspecified atom stereocenters. The average Bonchev–Trinajstić information content (AvgIpc) is 3.85. The molecule has 0 aliphatic heterocycles. The minimum Gasteiger partial charge on any atom is -0.454 e. The number of rotatable bonds is 6. The second-order valence-electron chi connectivity index (χ2n) is 13.8. The number of aromatic nitrogens is 4. The molecule has 56 heavy (non-hydrogen) atoms. The Morgan fingerprint density at radius 2 is 0.714 bits per heavy atom. The molecule has 11 rings (SSSR count). The van der Waals surface area contributed by atoms with E-state index in [9.17, 15) is 0 Å². The van der Waals surface area contributed by atoms with Crippen molar-refractivity contribution < 1.29 is 8.83 Å². The van der Waals surface area contributed by atoms with Crippen LogP contribution in [0.1, 0.15) is 0 Å². The SMILES string of the molecule is c1ccc(-c2ccccc2-c2ccc3oc4c(-c5ccc(-c6ccnc7c6oc6ccc(-c8ccccc8-c8ccccn8)cc67)cc5)ccnc4c3c2)nc1. The second kappa shape index (κ2) is 13.0. The maximum atomic E-state index is 6.52. The zero-order chi connectivity index (χ0) is 37.0. The molecule has 0 radical (unpaired) electrons. The fourth-order valence-corrected chi connectivity index (χ4v) is 7.89. The number of pyridine rings is 4. The monoisotopic (exact) mass is 718 g/mol. The lowest BCUT2D eigenvalue weighted by Gasteiger charge is -2.09. The largest absolute Gasteiger partial charge is 0.454 e. The molecule has 6 heterocycles. The van der Waals surface area contributed by atoms with Gasteiger partial charge in [0.2, 0.25) is 0 Å². The number of benzene rings is 5. The fourth-order valence-electron chi connectivity index (χ4n) is 7.89. The highest BCUT2D eigenvalue weighted by atomic mass is 16.3. The molecule has 5 aromatic carbocycles. The first-order valence-corrected chi connectivity index (χ1v) is 18.5. The fraction of sp³-hybridized carbons (Fsp3) is 0. The topological polar surface area (TPSA) is 77.8 Å². The molecule has 0 aliphatic carbocycles. The molecular weight excluding hydrogens is 689 g/mol. The molecule has 0 fully saturated rings. The molecule has 0 amide bonds. The number of nitrogens with zero attached hydrogens (tertiary/aromatic N) is 4. The van der Waals surface area contributed by atoms with Gasteiger partial charge in [0.25, 0.3) is 0 Å². The Labute approximate surface area is 321 Å². The van der Waals surface area contributed by atoms with Crippen molar-refractivity contribution >= 4 is 44.1 Å². The van der Waals surface area contributed by atoms with Crippen molar-refractivity contribution in [3.05, 3.63) is 183 Å². The summed E-state index contributed by atoms with van der Waals surface area (Å²) >= 11 is 0. The molecule has 6 nitrogen and oxygen atoms in total. The lowest BCUT2D eigenvalue weighted by molar-refractivity contribution is 0.669. The summed E-state index contributed by atoms with van der Waals surface area (Å²) in [6.45, 7) is 0. The molecule has 0 aliphatic rings. The lowest BCUT2D eigenvalue weighted by Crippen LogP contribution is -1.87. The number of hydrogen-bond acceptors (Lipinski definition) is 6. The standard InChI is InChI=1S/C50H30N4O2/c1-3-11-39(43-13-5-7-25-51-43)35(9-1)33-19-21-45-41(29-33)47-49(55-45)37(23-27-53-47)31-15-17-32(18-16-31)38-24-28-54-48-42-30-34(20-22-46(42)56-50(38)48)36-10-2-4-12-40(36)44-14-6-8-26-52-44/h1-30H. The molecule has 0 saturated heterocycles. The first-order chi connectivity index (χ1) is 27.8. The van der Waals surface area contributed by atoms with Gasteiger partial charge in [0.05, 0.1) is 11.4 Å². The van der Waals surface area contributed by atoms with E-state index in [2.05, 4.69) is 94.9 Å². The van der Waals surface area contributed by atoms with Gasteiger partial charge in [0, 0.05) is 57.8 Å². The van der Waals surface area contributed by atoms with Crippen LogP contribution in [-0.4, -0.2) is 19.9 Å². The van der Waals surface area contributed by atoms with Gasteiger partial charge in [-0.1, -0.05) is 97.1 Å². The predicted molar refractivity (Wildman–Crippen MR) is 225 cm³/mol. The van der Waals surface area contributed by atoms with E-state index in [0.717, 1.165) is 111 Å². The van der Waals surface area contributed by atoms with Crippen molar-refractivity contribution in [2.75, 3.05) is 0 Å². The van der Waals surface area contributed by atoms with Crippen LogP contribution < -0.4 is 0 Å². The summed E-state index contributed by atoms with van der Waals surface area (Å²) in [6.07, 6.45) is 7.38. The Bertz CT molecular complexity index is 3020. The number of fused-ring (bicyclic) bond motifs is 6. The van der Waals surface area contributed by atoms with Crippen LogP contribution in [0, 0.1) is 0 Å². The second-order valence-corrected chi connectivity index (χ2v) is 13.8. The van der Waals surface area contributed by atoms with Gasteiger partial charge < -0.3 is 8.83 Å². The Balaban J connectivity index is 0.953. The van der Waals surface area contributed by atoms with Crippen LogP contribution in [0.15, 0.2) is 191 Å². The summed E-state index contributed by atoms with van der Waals surface area (Å²) in [5.74, 6) is 0. The van der Waals surface area contributed by atoms with Crippen molar-refractivity contribution in [3.8, 4) is 67.0 Å².